The molecule has 21 heavy (non-hydrogen) atoms. The summed E-state index contributed by atoms with van der Waals surface area (Å²) in [7, 11) is 0. The third-order valence-electron chi connectivity index (χ3n) is 3.19. The maximum Gasteiger partial charge on any atom is 0.255 e. The fraction of sp³-hybridized carbons (Fsp3) is 0.0625. The van der Waals surface area contributed by atoms with E-state index in [-0.39, 0.29) is 6.61 Å². The maximum atomic E-state index is 10.7. The molecule has 0 fully saturated rings. The van der Waals surface area contributed by atoms with Crippen LogP contribution in [0.4, 0.5) is 0 Å². The molecule has 5 heteroatoms. The molecule has 3 rings (SSSR count). The van der Waals surface area contributed by atoms with Gasteiger partial charge in [0, 0.05) is 22.7 Å². The van der Waals surface area contributed by atoms with Crippen LogP contribution in [-0.2, 0) is 4.79 Å². The van der Waals surface area contributed by atoms with Gasteiger partial charge in [-0.05, 0) is 35.9 Å². The Kier molecular flexibility index (Phi) is 3.54. The number of primary amides is 1. The van der Waals surface area contributed by atoms with Crippen LogP contribution >= 0.6 is 11.6 Å². The normalized spacial score (nSPS) is 10.7. The topological polar surface area (TPSA) is 68.1 Å². The number of aromatic amines is 1. The van der Waals surface area contributed by atoms with Crippen molar-refractivity contribution in [2.45, 2.75) is 0 Å². The Morgan fingerprint density at radius 2 is 1.95 bits per heavy atom. The zero-order valence-electron chi connectivity index (χ0n) is 11.1. The van der Waals surface area contributed by atoms with Crippen LogP contribution in [0.5, 0.6) is 5.75 Å². The highest BCUT2D eigenvalue weighted by Crippen LogP contribution is 2.32. The van der Waals surface area contributed by atoms with Gasteiger partial charge < -0.3 is 15.5 Å². The number of nitrogens with one attached hydrogen (secondary N) is 1. The van der Waals surface area contributed by atoms with E-state index in [1.807, 2.05) is 36.5 Å². The first-order chi connectivity index (χ1) is 10.1. The van der Waals surface area contributed by atoms with Crippen molar-refractivity contribution in [3.8, 4) is 16.9 Å². The fourth-order valence-corrected chi connectivity index (χ4v) is 2.45. The summed E-state index contributed by atoms with van der Waals surface area (Å²) in [5, 5.41) is 1.78. The van der Waals surface area contributed by atoms with Gasteiger partial charge in [-0.25, -0.2) is 0 Å². The van der Waals surface area contributed by atoms with Crippen molar-refractivity contribution in [1.29, 1.82) is 0 Å². The van der Waals surface area contributed by atoms with E-state index in [2.05, 4.69) is 4.98 Å². The molecule has 4 nitrogen and oxygen atoms in total. The molecule has 0 aliphatic heterocycles. The molecule has 0 aliphatic carbocycles. The van der Waals surface area contributed by atoms with Gasteiger partial charge in [0.1, 0.15) is 5.75 Å². The number of rotatable bonds is 4. The van der Waals surface area contributed by atoms with E-state index in [0.717, 1.165) is 22.0 Å². The highest BCUT2D eigenvalue weighted by Gasteiger charge is 2.07. The van der Waals surface area contributed by atoms with Gasteiger partial charge in [0.2, 0.25) is 0 Å². The van der Waals surface area contributed by atoms with Crippen molar-refractivity contribution in [2.75, 3.05) is 6.61 Å². The van der Waals surface area contributed by atoms with E-state index in [1.165, 1.54) is 0 Å². The highest BCUT2D eigenvalue weighted by molar-refractivity contribution is 6.34. The van der Waals surface area contributed by atoms with E-state index >= 15 is 0 Å². The molecule has 0 radical (unpaired) electrons. The molecule has 0 atom stereocenters. The number of ether oxygens (including phenoxy) is 1. The van der Waals surface area contributed by atoms with Crippen molar-refractivity contribution in [3.63, 3.8) is 0 Å². The van der Waals surface area contributed by atoms with Crippen LogP contribution in [0.15, 0.2) is 48.7 Å². The molecule has 1 amide bonds. The summed E-state index contributed by atoms with van der Waals surface area (Å²) in [4.78, 5) is 13.8. The van der Waals surface area contributed by atoms with Crippen LogP contribution in [0.25, 0.3) is 22.0 Å². The first-order valence-electron chi connectivity index (χ1n) is 6.41. The molecule has 0 aliphatic rings. The quantitative estimate of drug-likeness (QED) is 0.776. The standard InChI is InChI=1S/C16H13ClN2O2/c17-14-8-15-11(5-6-19-15)7-13(14)10-1-3-12(4-2-10)21-9-16(18)20/h1-8,19H,9H2,(H2,18,20). The highest BCUT2D eigenvalue weighted by atomic mass is 35.5. The number of H-pyrrole nitrogens is 1. The van der Waals surface area contributed by atoms with Crippen molar-refractivity contribution >= 4 is 28.4 Å². The number of hydrogen-bond acceptors (Lipinski definition) is 2. The van der Waals surface area contributed by atoms with E-state index < -0.39 is 5.91 Å². The largest absolute Gasteiger partial charge is 0.484 e. The lowest BCUT2D eigenvalue weighted by molar-refractivity contribution is -0.119. The summed E-state index contributed by atoms with van der Waals surface area (Å²) in [6.45, 7) is -0.130. The van der Waals surface area contributed by atoms with Crippen molar-refractivity contribution in [2.24, 2.45) is 5.73 Å². The number of halogens is 1. The number of aromatic nitrogens is 1. The minimum atomic E-state index is -0.500. The van der Waals surface area contributed by atoms with Crippen molar-refractivity contribution < 1.29 is 9.53 Å². The molecule has 0 spiro atoms. The zero-order valence-corrected chi connectivity index (χ0v) is 11.9. The number of nitrogens with two attached hydrogens (primary N) is 1. The summed E-state index contributed by atoms with van der Waals surface area (Å²) in [5.74, 6) is 0.0939. The zero-order chi connectivity index (χ0) is 14.8. The summed E-state index contributed by atoms with van der Waals surface area (Å²) in [6, 6.07) is 13.3. The lowest BCUT2D eigenvalue weighted by Gasteiger charge is -2.07. The van der Waals surface area contributed by atoms with E-state index in [4.69, 9.17) is 22.1 Å². The second-order valence-electron chi connectivity index (χ2n) is 4.68. The number of fused-ring (bicyclic) bond motifs is 1. The van der Waals surface area contributed by atoms with E-state index in [9.17, 15) is 4.79 Å². The van der Waals surface area contributed by atoms with Crippen molar-refractivity contribution in [1.82, 2.24) is 4.98 Å². The fourth-order valence-electron chi connectivity index (χ4n) is 2.18. The third-order valence-corrected chi connectivity index (χ3v) is 3.50. The predicted molar refractivity (Wildman–Crippen MR) is 83.4 cm³/mol. The van der Waals surface area contributed by atoms with Gasteiger partial charge in [-0.3, -0.25) is 4.79 Å². The summed E-state index contributed by atoms with van der Waals surface area (Å²) in [5.41, 5.74) is 7.97. The molecule has 0 bridgehead atoms. The second kappa shape index (κ2) is 5.50. The van der Waals surface area contributed by atoms with Gasteiger partial charge in [0.05, 0.1) is 5.02 Å². The monoisotopic (exact) mass is 300 g/mol. The minimum Gasteiger partial charge on any atom is -0.484 e. The lowest BCUT2D eigenvalue weighted by atomic mass is 10.0. The average Bonchev–Trinajstić information content (AvgIpc) is 2.92. The summed E-state index contributed by atoms with van der Waals surface area (Å²) in [6.07, 6.45) is 1.88. The average molecular weight is 301 g/mol. The molecule has 3 aromatic rings. The SMILES string of the molecule is NC(=O)COc1ccc(-c2cc3cc[nH]c3cc2Cl)cc1. The lowest BCUT2D eigenvalue weighted by Crippen LogP contribution is -2.19. The Balaban J connectivity index is 1.91. The van der Waals surface area contributed by atoms with Crippen LogP contribution in [-0.4, -0.2) is 17.5 Å². The number of carbonyl (C=O) groups is 1. The number of benzene rings is 2. The molecular formula is C16H13ClN2O2. The van der Waals surface area contributed by atoms with Crippen LogP contribution in [0, 0.1) is 0 Å². The van der Waals surface area contributed by atoms with Gasteiger partial charge in [-0.2, -0.15) is 0 Å². The molecule has 106 valence electrons. The molecule has 3 N–H and O–H groups in total. The number of amides is 1. The summed E-state index contributed by atoms with van der Waals surface area (Å²) < 4.78 is 5.23. The Labute approximate surface area is 126 Å². The Morgan fingerprint density at radius 3 is 2.67 bits per heavy atom. The molecule has 2 aromatic carbocycles. The van der Waals surface area contributed by atoms with E-state index in [1.54, 1.807) is 12.1 Å². The molecule has 0 saturated heterocycles. The molecule has 1 heterocycles. The van der Waals surface area contributed by atoms with Gasteiger partial charge in [-0.15, -0.1) is 0 Å². The molecular weight excluding hydrogens is 288 g/mol. The maximum absolute atomic E-state index is 10.7. The second-order valence-corrected chi connectivity index (χ2v) is 5.08. The van der Waals surface area contributed by atoms with Gasteiger partial charge in [0.15, 0.2) is 6.61 Å². The van der Waals surface area contributed by atoms with Crippen LogP contribution in [0.3, 0.4) is 0 Å². The number of hydrogen-bond donors (Lipinski definition) is 2. The van der Waals surface area contributed by atoms with Gasteiger partial charge >= 0.3 is 0 Å². The molecule has 1 aromatic heterocycles. The Morgan fingerprint density at radius 1 is 1.19 bits per heavy atom. The predicted octanol–water partition coefficient (Wildman–Crippen LogP) is 3.35. The van der Waals surface area contributed by atoms with Gasteiger partial charge in [-0.1, -0.05) is 23.7 Å². The van der Waals surface area contributed by atoms with Crippen LogP contribution < -0.4 is 10.5 Å². The van der Waals surface area contributed by atoms with Crippen LogP contribution in [0.2, 0.25) is 5.02 Å². The number of carbonyl (C=O) groups excluding carboxylic acids is 1. The molecule has 0 saturated carbocycles. The smallest absolute Gasteiger partial charge is 0.255 e. The first kappa shape index (κ1) is 13.5. The Bertz CT molecular complexity index is 794. The van der Waals surface area contributed by atoms with E-state index in [0.29, 0.717) is 10.8 Å². The third kappa shape index (κ3) is 2.85. The summed E-state index contributed by atoms with van der Waals surface area (Å²) >= 11 is 6.32. The minimum absolute atomic E-state index is 0.130. The molecule has 0 unspecified atom stereocenters. The Hall–Kier alpha value is -2.46. The van der Waals surface area contributed by atoms with Crippen LogP contribution in [0.1, 0.15) is 0 Å². The first-order valence-corrected chi connectivity index (χ1v) is 6.79. The van der Waals surface area contributed by atoms with Gasteiger partial charge in [0.25, 0.3) is 5.91 Å². The van der Waals surface area contributed by atoms with Crippen molar-refractivity contribution in [3.05, 3.63) is 53.7 Å².